The van der Waals surface area contributed by atoms with Crippen LogP contribution in [0.4, 0.5) is 0 Å². The van der Waals surface area contributed by atoms with Gasteiger partial charge in [0, 0.05) is 31.0 Å². The van der Waals surface area contributed by atoms with Crippen molar-refractivity contribution in [3.63, 3.8) is 0 Å². The van der Waals surface area contributed by atoms with E-state index in [4.69, 9.17) is 0 Å². The maximum Gasteiger partial charge on any atom is 4.00 e. The molecule has 5 aromatic rings. The minimum absolute atomic E-state index is 0. The van der Waals surface area contributed by atoms with Gasteiger partial charge in [-0.25, -0.2) is 0 Å². The summed E-state index contributed by atoms with van der Waals surface area (Å²) in [7, 11) is 0. The number of hydrogen-bond acceptors (Lipinski definition) is 5. The van der Waals surface area contributed by atoms with Crippen LogP contribution in [0, 0.1) is 0 Å². The van der Waals surface area contributed by atoms with Gasteiger partial charge in [-0.05, 0) is 66.7 Å². The minimum Gasteiger partial charge on any atom is -1.00 e. The van der Waals surface area contributed by atoms with Gasteiger partial charge in [-0.1, -0.05) is 36.9 Å². The second kappa shape index (κ2) is 23.7. The van der Waals surface area contributed by atoms with Crippen molar-refractivity contribution in [2.75, 3.05) is 0 Å². The van der Waals surface area contributed by atoms with Crippen molar-refractivity contribution in [3.8, 4) is 22.8 Å². The van der Waals surface area contributed by atoms with Crippen LogP contribution in [0.5, 0.6) is 0 Å². The van der Waals surface area contributed by atoms with Crippen molar-refractivity contribution in [1.29, 1.82) is 0 Å². The van der Waals surface area contributed by atoms with Crippen LogP contribution in [-0.2, 0) is 19.8 Å². The van der Waals surface area contributed by atoms with Gasteiger partial charge in [0.1, 0.15) is 0 Å². The number of halogens is 4. The molecule has 0 amide bonds. The van der Waals surface area contributed by atoms with Crippen molar-refractivity contribution in [1.82, 2.24) is 24.9 Å². The predicted octanol–water partition coefficient (Wildman–Crippen LogP) is -5.97. The van der Waals surface area contributed by atoms with Gasteiger partial charge in [0.2, 0.25) is 0 Å². The fraction of sp³-hybridized carbons (Fsp3) is 0. The summed E-state index contributed by atoms with van der Waals surface area (Å²) in [6.07, 6.45) is 10.5. The van der Waals surface area contributed by atoms with E-state index in [-0.39, 0.29) is 69.4 Å². The van der Waals surface area contributed by atoms with E-state index in [0.29, 0.717) is 0 Å². The monoisotopic (exact) mass is 749 g/mol. The SMILES string of the molecule is C=Cc1ccccn1.[Cl-].[Cl-].[Cl-].[Cl-].[Os+4].c1ccc(-c2ccccn2)nc1.c1ccc(-c2ccccn2)nc1. The van der Waals surface area contributed by atoms with Crippen molar-refractivity contribution in [2.45, 2.75) is 0 Å². The van der Waals surface area contributed by atoms with Gasteiger partial charge >= 0.3 is 19.8 Å². The average molecular weight is 750 g/mol. The first-order valence-electron chi connectivity index (χ1n) is 10.0. The quantitative estimate of drug-likeness (QED) is 0.184. The van der Waals surface area contributed by atoms with E-state index in [2.05, 4.69) is 31.5 Å². The Morgan fingerprint density at radius 3 is 0.838 bits per heavy atom. The number of hydrogen-bond donors (Lipinski definition) is 0. The van der Waals surface area contributed by atoms with Crippen molar-refractivity contribution in [3.05, 3.63) is 134 Å². The molecule has 0 aliphatic rings. The van der Waals surface area contributed by atoms with Gasteiger partial charge in [-0.3, -0.25) is 24.9 Å². The van der Waals surface area contributed by atoms with Crippen LogP contribution < -0.4 is 49.6 Å². The molecule has 0 aromatic carbocycles. The van der Waals surface area contributed by atoms with E-state index in [9.17, 15) is 0 Å². The third kappa shape index (κ3) is 14.6. The van der Waals surface area contributed by atoms with Gasteiger partial charge in [0.25, 0.3) is 0 Å². The molecule has 0 radical (unpaired) electrons. The molecule has 192 valence electrons. The molecule has 5 nitrogen and oxygen atoms in total. The van der Waals surface area contributed by atoms with Crippen molar-refractivity contribution < 1.29 is 69.4 Å². The summed E-state index contributed by atoms with van der Waals surface area (Å²) in [5.74, 6) is 0. The second-order valence-corrected chi connectivity index (χ2v) is 6.32. The largest absolute Gasteiger partial charge is 4.00 e. The Balaban J connectivity index is -0.000000447. The molecular formula is C27H23Cl4N5Os. The Kier molecular flexibility index (Phi) is 24.8. The summed E-state index contributed by atoms with van der Waals surface area (Å²) >= 11 is 0. The standard InChI is InChI=1S/2C10H8N2.C7H7N.4ClH.Os/c2*1-3-7-11-9(5-1)10-6-2-4-8-12-10;1-2-7-5-3-4-6-8-7;;;;;/h2*1-8H;2-6H,1H2;4*1H;/q;;;;;;;+4/p-4. The van der Waals surface area contributed by atoms with E-state index in [0.717, 1.165) is 28.5 Å². The molecule has 0 spiro atoms. The molecule has 5 aromatic heterocycles. The number of pyridine rings is 5. The Morgan fingerprint density at radius 2 is 0.676 bits per heavy atom. The second-order valence-electron chi connectivity index (χ2n) is 6.32. The molecule has 5 heterocycles. The molecule has 0 saturated carbocycles. The Hall–Kier alpha value is -2.71. The Morgan fingerprint density at radius 1 is 0.405 bits per heavy atom. The maximum absolute atomic E-state index is 4.19. The summed E-state index contributed by atoms with van der Waals surface area (Å²) in [6.45, 7) is 3.57. The van der Waals surface area contributed by atoms with E-state index in [1.807, 2.05) is 91.0 Å². The van der Waals surface area contributed by atoms with E-state index >= 15 is 0 Å². The van der Waals surface area contributed by atoms with Crippen LogP contribution in [0.3, 0.4) is 0 Å². The predicted molar refractivity (Wildman–Crippen MR) is 129 cm³/mol. The first-order chi connectivity index (χ1) is 15.9. The van der Waals surface area contributed by atoms with E-state index < -0.39 is 0 Å². The molecule has 0 fully saturated rings. The van der Waals surface area contributed by atoms with E-state index in [1.165, 1.54) is 0 Å². The third-order valence-electron chi connectivity index (χ3n) is 4.08. The molecule has 0 saturated heterocycles. The molecule has 0 N–H and O–H groups in total. The first-order valence-corrected chi connectivity index (χ1v) is 10.0. The van der Waals surface area contributed by atoms with Crippen LogP contribution in [0.2, 0.25) is 0 Å². The molecular weight excluding hydrogens is 726 g/mol. The fourth-order valence-corrected chi connectivity index (χ4v) is 2.55. The molecule has 37 heavy (non-hydrogen) atoms. The molecule has 0 atom stereocenters. The molecule has 5 rings (SSSR count). The summed E-state index contributed by atoms with van der Waals surface area (Å²) in [5, 5.41) is 0. The van der Waals surface area contributed by atoms with Gasteiger partial charge in [-0.2, -0.15) is 0 Å². The summed E-state index contributed by atoms with van der Waals surface area (Å²) in [4.78, 5) is 20.7. The maximum atomic E-state index is 4.19. The van der Waals surface area contributed by atoms with Gasteiger partial charge < -0.3 is 49.6 Å². The van der Waals surface area contributed by atoms with Crippen molar-refractivity contribution in [2.24, 2.45) is 0 Å². The Bertz CT molecular complexity index is 1030. The van der Waals surface area contributed by atoms with Gasteiger partial charge in [0.05, 0.1) is 28.5 Å². The molecule has 0 aliphatic heterocycles. The van der Waals surface area contributed by atoms with Crippen LogP contribution in [0.25, 0.3) is 28.9 Å². The minimum atomic E-state index is 0. The summed E-state index contributed by atoms with van der Waals surface area (Å²) in [6, 6.07) is 28.9. The fourth-order valence-electron chi connectivity index (χ4n) is 2.55. The molecule has 0 aliphatic carbocycles. The smallest absolute Gasteiger partial charge is 1.00 e. The zero-order valence-electron chi connectivity index (χ0n) is 19.4. The van der Waals surface area contributed by atoms with Crippen LogP contribution in [0.15, 0.2) is 129 Å². The van der Waals surface area contributed by atoms with Crippen LogP contribution in [0.1, 0.15) is 5.69 Å². The Labute approximate surface area is 256 Å². The van der Waals surface area contributed by atoms with Gasteiger partial charge in [0.15, 0.2) is 0 Å². The van der Waals surface area contributed by atoms with Crippen molar-refractivity contribution >= 4 is 6.08 Å². The molecule has 10 heteroatoms. The van der Waals surface area contributed by atoms with Gasteiger partial charge in [-0.15, -0.1) is 0 Å². The van der Waals surface area contributed by atoms with Crippen LogP contribution in [-0.4, -0.2) is 24.9 Å². The number of nitrogens with zero attached hydrogens (tertiary/aromatic N) is 5. The summed E-state index contributed by atoms with van der Waals surface area (Å²) < 4.78 is 0. The number of aromatic nitrogens is 5. The molecule has 0 bridgehead atoms. The van der Waals surface area contributed by atoms with Crippen LogP contribution >= 0.6 is 0 Å². The zero-order chi connectivity index (χ0) is 22.3. The first kappa shape index (κ1) is 38.8. The third-order valence-corrected chi connectivity index (χ3v) is 4.08. The van der Waals surface area contributed by atoms with E-state index in [1.54, 1.807) is 37.1 Å². The zero-order valence-corrected chi connectivity index (χ0v) is 25.0. The average Bonchev–Trinajstić information content (AvgIpc) is 2.92. The normalized spacial score (nSPS) is 8.11. The molecule has 0 unspecified atom stereocenters. The topological polar surface area (TPSA) is 64.5 Å². The number of rotatable bonds is 3. The summed E-state index contributed by atoms with van der Waals surface area (Å²) in [5.41, 5.74) is 4.58.